The lowest BCUT2D eigenvalue weighted by Gasteiger charge is -2.29. The summed E-state index contributed by atoms with van der Waals surface area (Å²) >= 11 is 0. The molecule has 0 spiro atoms. The van der Waals surface area contributed by atoms with Gasteiger partial charge < -0.3 is 23.5 Å². The zero-order chi connectivity index (χ0) is 23.4. The van der Waals surface area contributed by atoms with E-state index in [1.165, 1.54) is 31.4 Å². The van der Waals surface area contributed by atoms with Gasteiger partial charge in [-0.1, -0.05) is 0 Å². The summed E-state index contributed by atoms with van der Waals surface area (Å²) in [4.78, 5) is 43.2. The summed E-state index contributed by atoms with van der Waals surface area (Å²) in [6.45, 7) is 4.20. The van der Waals surface area contributed by atoms with Gasteiger partial charge in [0, 0.05) is 31.7 Å². The van der Waals surface area contributed by atoms with Crippen molar-refractivity contribution in [3.63, 3.8) is 0 Å². The van der Waals surface area contributed by atoms with Crippen molar-refractivity contribution in [2.45, 2.75) is 12.5 Å². The number of likely N-dealkylation sites (tertiary alicyclic amines) is 1. The van der Waals surface area contributed by atoms with E-state index in [0.29, 0.717) is 43.4 Å². The number of hydrogen-bond donors (Lipinski definition) is 0. The molecule has 2 saturated heterocycles. The number of methoxy groups -OCH3 is 2. The SMILES string of the molecule is COc1ccc(C(=O)C2C(=O)C(=O)N(CCCN3CCOCC3)C2c2ccco2)cc1OC. The fourth-order valence-corrected chi connectivity index (χ4v) is 4.46. The van der Waals surface area contributed by atoms with Gasteiger partial charge in [-0.15, -0.1) is 0 Å². The smallest absolute Gasteiger partial charge is 0.291 e. The van der Waals surface area contributed by atoms with Crippen LogP contribution >= 0.6 is 0 Å². The molecule has 33 heavy (non-hydrogen) atoms. The number of carbonyl (C=O) groups excluding carboxylic acids is 3. The molecule has 0 aliphatic carbocycles. The predicted molar refractivity (Wildman–Crippen MR) is 117 cm³/mol. The maximum Gasteiger partial charge on any atom is 0.291 e. The Morgan fingerprint density at radius 3 is 2.48 bits per heavy atom. The van der Waals surface area contributed by atoms with E-state index in [0.717, 1.165) is 19.6 Å². The number of morpholine rings is 1. The van der Waals surface area contributed by atoms with Crippen molar-refractivity contribution in [3.05, 3.63) is 47.9 Å². The van der Waals surface area contributed by atoms with Gasteiger partial charge in [-0.25, -0.2) is 0 Å². The van der Waals surface area contributed by atoms with Gasteiger partial charge in [-0.05, 0) is 36.8 Å². The van der Waals surface area contributed by atoms with Crippen LogP contribution in [0.1, 0.15) is 28.6 Å². The van der Waals surface area contributed by atoms with Crippen LogP contribution < -0.4 is 9.47 Å². The highest BCUT2D eigenvalue weighted by Crippen LogP contribution is 2.39. The van der Waals surface area contributed by atoms with E-state index >= 15 is 0 Å². The number of carbonyl (C=O) groups is 3. The van der Waals surface area contributed by atoms with E-state index in [4.69, 9.17) is 18.6 Å². The van der Waals surface area contributed by atoms with Crippen LogP contribution in [0.3, 0.4) is 0 Å². The van der Waals surface area contributed by atoms with Crippen LogP contribution in [0.15, 0.2) is 41.0 Å². The summed E-state index contributed by atoms with van der Waals surface area (Å²) in [5, 5.41) is 0. The number of rotatable bonds is 9. The summed E-state index contributed by atoms with van der Waals surface area (Å²) in [6, 6.07) is 7.30. The summed E-state index contributed by atoms with van der Waals surface area (Å²) in [7, 11) is 2.97. The van der Waals surface area contributed by atoms with Crippen LogP contribution in [0, 0.1) is 5.92 Å². The fourth-order valence-electron chi connectivity index (χ4n) is 4.46. The van der Waals surface area contributed by atoms with Gasteiger partial charge in [0.15, 0.2) is 17.3 Å². The predicted octanol–water partition coefficient (Wildman–Crippen LogP) is 1.97. The third-order valence-electron chi connectivity index (χ3n) is 6.17. The molecule has 2 unspecified atom stereocenters. The molecule has 0 radical (unpaired) electrons. The second kappa shape index (κ2) is 10.2. The van der Waals surface area contributed by atoms with Gasteiger partial charge in [0.1, 0.15) is 17.7 Å². The molecule has 2 aliphatic heterocycles. The molecule has 2 aromatic rings. The Morgan fingerprint density at radius 1 is 1.06 bits per heavy atom. The highest BCUT2D eigenvalue weighted by molar-refractivity contribution is 6.44. The van der Waals surface area contributed by atoms with Gasteiger partial charge in [0.2, 0.25) is 5.78 Å². The summed E-state index contributed by atoms with van der Waals surface area (Å²) in [5.74, 6) is -1.76. The Hall–Kier alpha value is -3.17. The molecule has 176 valence electrons. The van der Waals surface area contributed by atoms with Crippen molar-refractivity contribution in [3.8, 4) is 11.5 Å². The van der Waals surface area contributed by atoms with E-state index in [-0.39, 0.29) is 5.56 Å². The van der Waals surface area contributed by atoms with Gasteiger partial charge in [-0.3, -0.25) is 19.3 Å². The minimum atomic E-state index is -1.19. The molecular weight excluding hydrogens is 428 g/mol. The van der Waals surface area contributed by atoms with Crippen LogP contribution in [0.4, 0.5) is 0 Å². The lowest BCUT2D eigenvalue weighted by Crippen LogP contribution is -2.39. The van der Waals surface area contributed by atoms with Crippen LogP contribution in [0.25, 0.3) is 0 Å². The summed E-state index contributed by atoms with van der Waals surface area (Å²) in [6.07, 6.45) is 2.15. The average molecular weight is 456 g/mol. The molecule has 2 atom stereocenters. The molecule has 3 heterocycles. The normalized spacial score (nSPS) is 21.5. The number of Topliss-reactive ketones (excluding diaryl/α,β-unsaturated/α-hetero) is 2. The van der Waals surface area contributed by atoms with Crippen LogP contribution in [0.2, 0.25) is 0 Å². The average Bonchev–Trinajstić information content (AvgIpc) is 3.46. The zero-order valence-corrected chi connectivity index (χ0v) is 18.8. The van der Waals surface area contributed by atoms with E-state index < -0.39 is 29.4 Å². The number of ether oxygens (including phenoxy) is 3. The van der Waals surface area contributed by atoms with Crippen molar-refractivity contribution >= 4 is 17.5 Å². The molecule has 1 aromatic heterocycles. The molecule has 9 heteroatoms. The molecule has 2 aliphatic rings. The fraction of sp³-hybridized carbons (Fsp3) is 0.458. The Labute approximate surface area is 192 Å². The van der Waals surface area contributed by atoms with E-state index in [9.17, 15) is 14.4 Å². The maximum atomic E-state index is 13.5. The second-order valence-electron chi connectivity index (χ2n) is 8.04. The first-order valence-corrected chi connectivity index (χ1v) is 11.0. The third kappa shape index (κ3) is 4.65. The zero-order valence-electron chi connectivity index (χ0n) is 18.8. The number of amides is 1. The quantitative estimate of drug-likeness (QED) is 0.321. The lowest BCUT2D eigenvalue weighted by atomic mass is 9.88. The van der Waals surface area contributed by atoms with Crippen molar-refractivity contribution < 1.29 is 33.0 Å². The summed E-state index contributed by atoms with van der Waals surface area (Å²) < 4.78 is 21.5. The number of furan rings is 1. The topological polar surface area (TPSA) is 98.5 Å². The van der Waals surface area contributed by atoms with E-state index in [1.807, 2.05) is 0 Å². The molecule has 0 N–H and O–H groups in total. The molecule has 0 saturated carbocycles. The van der Waals surface area contributed by atoms with Gasteiger partial charge in [0.25, 0.3) is 5.91 Å². The standard InChI is InChI=1S/C24H28N2O7/c1-30-17-7-6-16(15-19(17)31-2)22(27)20-21(18-5-3-12-33-18)26(24(29)23(20)28)9-4-8-25-10-13-32-14-11-25/h3,5-7,12,15,20-21H,4,8-11,13-14H2,1-2H3. The monoisotopic (exact) mass is 456 g/mol. The third-order valence-corrected chi connectivity index (χ3v) is 6.17. The second-order valence-corrected chi connectivity index (χ2v) is 8.04. The number of benzene rings is 1. The van der Waals surface area contributed by atoms with Crippen molar-refractivity contribution in [2.75, 3.05) is 53.6 Å². The minimum absolute atomic E-state index is 0.269. The van der Waals surface area contributed by atoms with Crippen LogP contribution in [0.5, 0.6) is 11.5 Å². The van der Waals surface area contributed by atoms with Crippen molar-refractivity contribution in [1.82, 2.24) is 9.80 Å². The number of nitrogens with zero attached hydrogens (tertiary/aromatic N) is 2. The van der Waals surface area contributed by atoms with Crippen molar-refractivity contribution in [1.29, 1.82) is 0 Å². The summed E-state index contributed by atoms with van der Waals surface area (Å²) in [5.41, 5.74) is 0.269. The molecule has 2 fully saturated rings. The van der Waals surface area contributed by atoms with Gasteiger partial charge in [0.05, 0.1) is 33.7 Å². The molecule has 4 rings (SSSR count). The van der Waals surface area contributed by atoms with E-state index in [2.05, 4.69) is 4.90 Å². The van der Waals surface area contributed by atoms with Crippen LogP contribution in [-0.4, -0.2) is 80.9 Å². The molecule has 1 aromatic carbocycles. The Kier molecular flexibility index (Phi) is 7.10. The van der Waals surface area contributed by atoms with Gasteiger partial charge >= 0.3 is 0 Å². The highest BCUT2D eigenvalue weighted by atomic mass is 16.5. The molecule has 0 bridgehead atoms. The Balaban J connectivity index is 1.58. The molecule has 9 nitrogen and oxygen atoms in total. The number of ketones is 2. The molecular formula is C24H28N2O7. The molecule has 1 amide bonds. The highest BCUT2D eigenvalue weighted by Gasteiger charge is 2.52. The largest absolute Gasteiger partial charge is 0.493 e. The number of hydrogen-bond acceptors (Lipinski definition) is 8. The Morgan fingerprint density at radius 2 is 1.82 bits per heavy atom. The first kappa shape index (κ1) is 23.0. The maximum absolute atomic E-state index is 13.5. The lowest BCUT2D eigenvalue weighted by molar-refractivity contribution is -0.140. The van der Waals surface area contributed by atoms with Crippen molar-refractivity contribution in [2.24, 2.45) is 5.92 Å². The van der Waals surface area contributed by atoms with Gasteiger partial charge in [-0.2, -0.15) is 0 Å². The minimum Gasteiger partial charge on any atom is -0.493 e. The van der Waals surface area contributed by atoms with E-state index in [1.54, 1.807) is 24.3 Å². The first-order chi connectivity index (χ1) is 16.0. The first-order valence-electron chi connectivity index (χ1n) is 11.0. The Bertz CT molecular complexity index is 998. The van der Waals surface area contributed by atoms with Crippen LogP contribution in [-0.2, 0) is 14.3 Å².